The van der Waals surface area contributed by atoms with Crippen molar-refractivity contribution in [3.8, 4) is 5.75 Å². The lowest BCUT2D eigenvalue weighted by atomic mass is 9.86. The summed E-state index contributed by atoms with van der Waals surface area (Å²) in [6.45, 7) is 7.97. The van der Waals surface area contributed by atoms with Crippen LogP contribution in [-0.4, -0.2) is 30.0 Å². The largest absolute Gasteiger partial charge is 0.490 e. The molecule has 0 bridgehead atoms. The smallest absolute Gasteiger partial charge is 0.253 e. The van der Waals surface area contributed by atoms with Gasteiger partial charge in [-0.3, -0.25) is 4.79 Å². The Labute approximate surface area is 160 Å². The van der Waals surface area contributed by atoms with Gasteiger partial charge < -0.3 is 9.64 Å². The van der Waals surface area contributed by atoms with Crippen molar-refractivity contribution >= 4 is 17.5 Å². The average Bonchev–Trinajstić information content (AvgIpc) is 2.63. The van der Waals surface area contributed by atoms with E-state index in [1.165, 1.54) is 5.56 Å². The highest BCUT2D eigenvalue weighted by atomic mass is 35.5. The average molecular weight is 372 g/mol. The number of amides is 1. The normalized spacial score (nSPS) is 15.8. The minimum atomic E-state index is 0.0962. The number of ether oxygens (including phenoxy) is 1. The predicted molar refractivity (Wildman–Crippen MR) is 106 cm³/mol. The van der Waals surface area contributed by atoms with Gasteiger partial charge in [0.2, 0.25) is 0 Å². The van der Waals surface area contributed by atoms with Crippen LogP contribution < -0.4 is 4.74 Å². The summed E-state index contributed by atoms with van der Waals surface area (Å²) in [5.74, 6) is 0.937. The molecule has 4 heteroatoms. The van der Waals surface area contributed by atoms with E-state index < -0.39 is 0 Å². The third-order valence-corrected chi connectivity index (χ3v) is 5.10. The minimum absolute atomic E-state index is 0.0962. The van der Waals surface area contributed by atoms with Crippen LogP contribution in [-0.2, 0) is 5.41 Å². The van der Waals surface area contributed by atoms with E-state index in [0.29, 0.717) is 5.02 Å². The van der Waals surface area contributed by atoms with Gasteiger partial charge in [0.15, 0.2) is 0 Å². The summed E-state index contributed by atoms with van der Waals surface area (Å²) in [5, 5.41) is 0.704. The van der Waals surface area contributed by atoms with Gasteiger partial charge in [-0.15, -0.1) is 0 Å². The van der Waals surface area contributed by atoms with E-state index in [9.17, 15) is 4.79 Å². The summed E-state index contributed by atoms with van der Waals surface area (Å²) in [7, 11) is 0. The third kappa shape index (κ3) is 4.59. The lowest BCUT2D eigenvalue weighted by Gasteiger charge is -2.32. The van der Waals surface area contributed by atoms with Crippen LogP contribution in [0.25, 0.3) is 0 Å². The number of carbonyl (C=O) groups is 1. The van der Waals surface area contributed by atoms with Crippen molar-refractivity contribution in [2.24, 2.45) is 0 Å². The molecule has 0 atom stereocenters. The minimum Gasteiger partial charge on any atom is -0.490 e. The van der Waals surface area contributed by atoms with Gasteiger partial charge in [-0.25, -0.2) is 0 Å². The van der Waals surface area contributed by atoms with E-state index in [1.807, 2.05) is 41.3 Å². The Morgan fingerprint density at radius 2 is 1.58 bits per heavy atom. The molecule has 0 N–H and O–H groups in total. The van der Waals surface area contributed by atoms with Crippen molar-refractivity contribution in [2.75, 3.05) is 13.1 Å². The zero-order valence-electron chi connectivity index (χ0n) is 15.7. The van der Waals surface area contributed by atoms with Gasteiger partial charge in [0.05, 0.1) is 0 Å². The highest BCUT2D eigenvalue weighted by Gasteiger charge is 2.25. The lowest BCUT2D eigenvalue weighted by molar-refractivity contribution is 0.0595. The summed E-state index contributed by atoms with van der Waals surface area (Å²) in [6, 6.07) is 15.4. The second kappa shape index (κ2) is 7.71. The standard InChI is InChI=1S/C22H26ClNO2/c1-22(2,3)17-6-4-16(5-7-17)21(25)24-14-12-20(13-15-24)26-19-10-8-18(23)9-11-19/h4-11,20H,12-15H2,1-3H3. The summed E-state index contributed by atoms with van der Waals surface area (Å²) in [6.07, 6.45) is 1.83. The van der Waals surface area contributed by atoms with Crippen LogP contribution in [0.5, 0.6) is 5.75 Å². The first kappa shape index (κ1) is 18.8. The van der Waals surface area contributed by atoms with Gasteiger partial charge in [-0.05, 0) is 47.4 Å². The molecule has 0 radical (unpaired) electrons. The van der Waals surface area contributed by atoms with Crippen LogP contribution in [0.3, 0.4) is 0 Å². The molecule has 26 heavy (non-hydrogen) atoms. The van der Waals surface area contributed by atoms with E-state index in [-0.39, 0.29) is 17.4 Å². The van der Waals surface area contributed by atoms with Gasteiger partial charge in [0.25, 0.3) is 5.91 Å². The Balaban J connectivity index is 1.55. The second-order valence-electron chi connectivity index (χ2n) is 7.89. The van der Waals surface area contributed by atoms with Crippen LogP contribution in [0, 0.1) is 0 Å². The molecule has 0 aromatic heterocycles. The van der Waals surface area contributed by atoms with Crippen molar-refractivity contribution < 1.29 is 9.53 Å². The molecule has 1 amide bonds. The number of carbonyl (C=O) groups excluding carboxylic acids is 1. The Kier molecular flexibility index (Phi) is 5.57. The number of rotatable bonds is 3. The Bertz CT molecular complexity index is 739. The van der Waals surface area contributed by atoms with Crippen LogP contribution in [0.1, 0.15) is 49.5 Å². The zero-order chi connectivity index (χ0) is 18.7. The quantitative estimate of drug-likeness (QED) is 0.730. The maximum absolute atomic E-state index is 12.7. The van der Waals surface area contributed by atoms with Crippen LogP contribution in [0.2, 0.25) is 5.02 Å². The molecule has 0 aliphatic carbocycles. The number of benzene rings is 2. The number of halogens is 1. The van der Waals surface area contributed by atoms with Crippen molar-refractivity contribution in [1.82, 2.24) is 4.90 Å². The Morgan fingerprint density at radius 1 is 1.00 bits per heavy atom. The molecule has 1 aliphatic heterocycles. The van der Waals surface area contributed by atoms with E-state index >= 15 is 0 Å². The van der Waals surface area contributed by atoms with Crippen LogP contribution in [0.4, 0.5) is 0 Å². The van der Waals surface area contributed by atoms with Gasteiger partial charge in [-0.1, -0.05) is 44.5 Å². The maximum atomic E-state index is 12.7. The first-order valence-electron chi connectivity index (χ1n) is 9.15. The van der Waals surface area contributed by atoms with E-state index in [0.717, 1.165) is 37.2 Å². The van der Waals surface area contributed by atoms with Crippen molar-refractivity contribution in [1.29, 1.82) is 0 Å². The molecule has 1 saturated heterocycles. The number of likely N-dealkylation sites (tertiary alicyclic amines) is 1. The van der Waals surface area contributed by atoms with Crippen molar-refractivity contribution in [2.45, 2.75) is 45.1 Å². The highest BCUT2D eigenvalue weighted by molar-refractivity contribution is 6.30. The fraction of sp³-hybridized carbons (Fsp3) is 0.409. The summed E-state index contributed by atoms with van der Waals surface area (Å²) >= 11 is 5.90. The van der Waals surface area contributed by atoms with Crippen molar-refractivity contribution in [3.05, 3.63) is 64.7 Å². The molecule has 3 nitrogen and oxygen atoms in total. The topological polar surface area (TPSA) is 29.5 Å². The highest BCUT2D eigenvalue weighted by Crippen LogP contribution is 2.24. The molecule has 0 saturated carbocycles. The SMILES string of the molecule is CC(C)(C)c1ccc(C(=O)N2CCC(Oc3ccc(Cl)cc3)CC2)cc1. The molecule has 138 valence electrons. The number of hydrogen-bond acceptors (Lipinski definition) is 2. The predicted octanol–water partition coefficient (Wildman–Crippen LogP) is 5.32. The molecule has 3 rings (SSSR count). The molecule has 2 aromatic rings. The van der Waals surface area contributed by atoms with Gasteiger partial charge in [0.1, 0.15) is 11.9 Å². The molecule has 2 aromatic carbocycles. The molecular formula is C22H26ClNO2. The van der Waals surface area contributed by atoms with E-state index in [4.69, 9.17) is 16.3 Å². The number of nitrogens with zero attached hydrogens (tertiary/aromatic N) is 1. The molecule has 0 unspecified atom stereocenters. The summed E-state index contributed by atoms with van der Waals surface area (Å²) in [4.78, 5) is 14.7. The maximum Gasteiger partial charge on any atom is 0.253 e. The first-order chi connectivity index (χ1) is 12.3. The zero-order valence-corrected chi connectivity index (χ0v) is 16.4. The van der Waals surface area contributed by atoms with E-state index in [2.05, 4.69) is 32.9 Å². The first-order valence-corrected chi connectivity index (χ1v) is 9.53. The molecule has 1 aliphatic rings. The lowest BCUT2D eigenvalue weighted by Crippen LogP contribution is -2.41. The van der Waals surface area contributed by atoms with Crippen molar-refractivity contribution in [3.63, 3.8) is 0 Å². The second-order valence-corrected chi connectivity index (χ2v) is 8.33. The number of hydrogen-bond donors (Lipinski definition) is 0. The van der Waals surface area contributed by atoms with Gasteiger partial charge >= 0.3 is 0 Å². The van der Waals surface area contributed by atoms with Gasteiger partial charge in [0, 0.05) is 36.5 Å². The number of piperidine rings is 1. The van der Waals surface area contributed by atoms with E-state index in [1.54, 1.807) is 0 Å². The van der Waals surface area contributed by atoms with Crippen LogP contribution in [0.15, 0.2) is 48.5 Å². The molecule has 0 spiro atoms. The third-order valence-electron chi connectivity index (χ3n) is 4.84. The fourth-order valence-corrected chi connectivity index (χ4v) is 3.30. The monoisotopic (exact) mass is 371 g/mol. The fourth-order valence-electron chi connectivity index (χ4n) is 3.18. The summed E-state index contributed by atoms with van der Waals surface area (Å²) < 4.78 is 6.00. The molecule has 1 fully saturated rings. The van der Waals surface area contributed by atoms with Crippen LogP contribution >= 0.6 is 11.6 Å². The Hall–Kier alpha value is -2.00. The van der Waals surface area contributed by atoms with Gasteiger partial charge in [-0.2, -0.15) is 0 Å². The Morgan fingerprint density at radius 3 is 2.12 bits per heavy atom. The molecular weight excluding hydrogens is 346 g/mol. The summed E-state index contributed by atoms with van der Waals surface area (Å²) in [5.41, 5.74) is 2.10. The molecule has 1 heterocycles.